The van der Waals surface area contributed by atoms with E-state index in [1.807, 2.05) is 0 Å². The van der Waals surface area contributed by atoms with Gasteiger partial charge in [0.25, 0.3) is 0 Å². The number of nitrogens with one attached hydrogen (secondary N) is 1. The lowest BCUT2D eigenvalue weighted by Gasteiger charge is -2.37. The van der Waals surface area contributed by atoms with Crippen LogP contribution >= 0.6 is 0 Å². The van der Waals surface area contributed by atoms with Crippen LogP contribution in [0, 0.1) is 0 Å². The van der Waals surface area contributed by atoms with E-state index in [2.05, 4.69) is 53.2 Å². The van der Waals surface area contributed by atoms with Gasteiger partial charge >= 0.3 is 0 Å². The SMILES string of the molecule is CC(C)NCc1cc(O)n(CCCN2CCN(c3ccccc3OC3CCCC3)CC2)c1O. The molecule has 0 spiro atoms. The maximum absolute atomic E-state index is 10.5. The van der Waals surface area contributed by atoms with E-state index in [0.29, 0.717) is 25.2 Å². The van der Waals surface area contributed by atoms with Crippen molar-refractivity contribution >= 4 is 5.69 Å². The number of anilines is 1. The molecule has 4 rings (SSSR count). The van der Waals surface area contributed by atoms with Crippen molar-refractivity contribution in [2.24, 2.45) is 0 Å². The highest BCUT2D eigenvalue weighted by Crippen LogP contribution is 2.33. The van der Waals surface area contributed by atoms with Gasteiger partial charge in [-0.25, -0.2) is 0 Å². The van der Waals surface area contributed by atoms with Crippen LogP contribution in [0.3, 0.4) is 0 Å². The number of hydrogen-bond donors (Lipinski definition) is 3. The summed E-state index contributed by atoms with van der Waals surface area (Å²) in [4.78, 5) is 4.91. The Kier molecular flexibility index (Phi) is 8.04. The molecule has 0 atom stereocenters. The number of piperazine rings is 1. The van der Waals surface area contributed by atoms with Crippen LogP contribution in [0.5, 0.6) is 17.5 Å². The fraction of sp³-hybridized carbons (Fsp3) is 0.615. The summed E-state index contributed by atoms with van der Waals surface area (Å²) < 4.78 is 7.96. The molecule has 2 aromatic rings. The lowest BCUT2D eigenvalue weighted by atomic mass is 10.2. The fourth-order valence-electron chi connectivity index (χ4n) is 4.91. The van der Waals surface area contributed by atoms with Crippen molar-refractivity contribution in [3.05, 3.63) is 35.9 Å². The quantitative estimate of drug-likeness (QED) is 0.503. The summed E-state index contributed by atoms with van der Waals surface area (Å²) in [6.45, 7) is 10.2. The zero-order valence-electron chi connectivity index (χ0n) is 20.2. The molecule has 0 bridgehead atoms. The maximum Gasteiger partial charge on any atom is 0.198 e. The van der Waals surface area contributed by atoms with Crippen molar-refractivity contribution in [2.45, 2.75) is 71.2 Å². The van der Waals surface area contributed by atoms with E-state index in [1.54, 1.807) is 10.6 Å². The van der Waals surface area contributed by atoms with Gasteiger partial charge < -0.3 is 25.2 Å². The lowest BCUT2D eigenvalue weighted by Crippen LogP contribution is -2.46. The summed E-state index contributed by atoms with van der Waals surface area (Å²) in [7, 11) is 0. The molecular formula is C26H40N4O3. The van der Waals surface area contributed by atoms with Gasteiger partial charge in [-0.15, -0.1) is 0 Å². The minimum atomic E-state index is 0.136. The number of aromatic hydroxyl groups is 2. The summed E-state index contributed by atoms with van der Waals surface area (Å²) >= 11 is 0. The minimum absolute atomic E-state index is 0.136. The minimum Gasteiger partial charge on any atom is -0.494 e. The molecule has 1 aliphatic heterocycles. The van der Waals surface area contributed by atoms with Gasteiger partial charge in [-0.3, -0.25) is 9.47 Å². The zero-order valence-corrected chi connectivity index (χ0v) is 20.2. The Hall–Kier alpha value is -2.38. The third kappa shape index (κ3) is 6.15. The maximum atomic E-state index is 10.5. The Morgan fingerprint density at radius 2 is 1.76 bits per heavy atom. The highest BCUT2D eigenvalue weighted by molar-refractivity contribution is 5.58. The first-order chi connectivity index (χ1) is 16.0. The van der Waals surface area contributed by atoms with Crippen LogP contribution in [0.1, 0.15) is 51.5 Å². The molecule has 0 amide bonds. The first kappa shape index (κ1) is 23.8. The molecule has 0 unspecified atom stereocenters. The van der Waals surface area contributed by atoms with Crippen LogP contribution in [-0.4, -0.2) is 64.5 Å². The highest BCUT2D eigenvalue weighted by atomic mass is 16.5. The predicted molar refractivity (Wildman–Crippen MR) is 132 cm³/mol. The van der Waals surface area contributed by atoms with Gasteiger partial charge in [-0.2, -0.15) is 0 Å². The van der Waals surface area contributed by atoms with Gasteiger partial charge in [0, 0.05) is 56.9 Å². The molecular weight excluding hydrogens is 416 g/mol. The average molecular weight is 457 g/mol. The van der Waals surface area contributed by atoms with E-state index in [1.165, 1.54) is 31.4 Å². The van der Waals surface area contributed by atoms with E-state index in [4.69, 9.17) is 4.74 Å². The van der Waals surface area contributed by atoms with Crippen LogP contribution in [0.2, 0.25) is 0 Å². The zero-order chi connectivity index (χ0) is 23.2. The van der Waals surface area contributed by atoms with E-state index in [9.17, 15) is 10.2 Å². The number of para-hydroxylation sites is 2. The summed E-state index contributed by atoms with van der Waals surface area (Å²) in [6.07, 6.45) is 6.15. The molecule has 1 aliphatic carbocycles. The second-order valence-electron chi connectivity index (χ2n) is 9.71. The Balaban J connectivity index is 1.25. The highest BCUT2D eigenvalue weighted by Gasteiger charge is 2.22. The molecule has 33 heavy (non-hydrogen) atoms. The molecule has 7 nitrogen and oxygen atoms in total. The van der Waals surface area contributed by atoms with Gasteiger partial charge in [-0.1, -0.05) is 26.0 Å². The predicted octanol–water partition coefficient (Wildman–Crippen LogP) is 3.93. The molecule has 3 N–H and O–H groups in total. The summed E-state index contributed by atoms with van der Waals surface area (Å²) in [5.74, 6) is 1.33. The largest absolute Gasteiger partial charge is 0.494 e. The number of aromatic nitrogens is 1. The third-order valence-electron chi connectivity index (χ3n) is 6.85. The molecule has 1 saturated heterocycles. The summed E-state index contributed by atoms with van der Waals surface area (Å²) in [5.41, 5.74) is 1.96. The Morgan fingerprint density at radius 3 is 2.48 bits per heavy atom. The molecule has 0 radical (unpaired) electrons. The Morgan fingerprint density at radius 1 is 1.03 bits per heavy atom. The normalized spacial score (nSPS) is 17.8. The van der Waals surface area contributed by atoms with Crippen molar-refractivity contribution in [3.8, 4) is 17.5 Å². The molecule has 7 heteroatoms. The average Bonchev–Trinajstić information content (AvgIpc) is 3.42. The lowest BCUT2D eigenvalue weighted by molar-refractivity contribution is 0.208. The number of benzene rings is 1. The summed E-state index contributed by atoms with van der Waals surface area (Å²) in [5, 5.41) is 24.0. The van der Waals surface area contributed by atoms with E-state index in [-0.39, 0.29) is 11.8 Å². The van der Waals surface area contributed by atoms with Gasteiger partial charge in [0.05, 0.1) is 11.8 Å². The number of ether oxygens (including phenoxy) is 1. The summed E-state index contributed by atoms with van der Waals surface area (Å²) in [6, 6.07) is 10.5. The molecule has 2 aliphatic rings. The molecule has 2 fully saturated rings. The Bertz CT molecular complexity index is 884. The van der Waals surface area contributed by atoms with E-state index in [0.717, 1.165) is 50.5 Å². The van der Waals surface area contributed by atoms with Crippen LogP contribution < -0.4 is 15.0 Å². The molecule has 2 heterocycles. The number of hydrogen-bond acceptors (Lipinski definition) is 6. The smallest absolute Gasteiger partial charge is 0.198 e. The molecule has 1 saturated carbocycles. The topological polar surface area (TPSA) is 73.1 Å². The van der Waals surface area contributed by atoms with Crippen molar-refractivity contribution in [1.29, 1.82) is 0 Å². The monoisotopic (exact) mass is 456 g/mol. The van der Waals surface area contributed by atoms with Crippen LogP contribution in [0.4, 0.5) is 5.69 Å². The van der Waals surface area contributed by atoms with Gasteiger partial charge in [0.2, 0.25) is 0 Å². The van der Waals surface area contributed by atoms with Crippen LogP contribution in [0.15, 0.2) is 30.3 Å². The first-order valence-electron chi connectivity index (χ1n) is 12.6. The third-order valence-corrected chi connectivity index (χ3v) is 6.85. The van der Waals surface area contributed by atoms with Gasteiger partial charge in [0.15, 0.2) is 11.8 Å². The number of rotatable bonds is 10. The van der Waals surface area contributed by atoms with Gasteiger partial charge in [-0.05, 0) is 50.8 Å². The van der Waals surface area contributed by atoms with Crippen molar-refractivity contribution in [1.82, 2.24) is 14.8 Å². The van der Waals surface area contributed by atoms with E-state index >= 15 is 0 Å². The molecule has 1 aromatic carbocycles. The molecule has 182 valence electrons. The Labute approximate surface area is 198 Å². The van der Waals surface area contributed by atoms with Crippen molar-refractivity contribution in [3.63, 3.8) is 0 Å². The second kappa shape index (κ2) is 11.2. The fourth-order valence-corrected chi connectivity index (χ4v) is 4.91. The van der Waals surface area contributed by atoms with Crippen molar-refractivity contribution < 1.29 is 14.9 Å². The van der Waals surface area contributed by atoms with E-state index < -0.39 is 0 Å². The van der Waals surface area contributed by atoms with Crippen LogP contribution in [-0.2, 0) is 13.1 Å². The standard InChI is InChI=1S/C26H40N4O3/c1-20(2)27-19-21-18-25(31)30(26(21)32)13-7-12-28-14-16-29(17-15-28)23-10-5-6-11-24(23)33-22-8-3-4-9-22/h5-6,10-11,18,20,22,27,31-32H,3-4,7-9,12-17,19H2,1-2H3. The van der Waals surface area contributed by atoms with Gasteiger partial charge in [0.1, 0.15) is 5.75 Å². The van der Waals surface area contributed by atoms with Crippen molar-refractivity contribution in [2.75, 3.05) is 37.6 Å². The first-order valence-corrected chi connectivity index (χ1v) is 12.6. The molecule has 1 aromatic heterocycles. The second-order valence-corrected chi connectivity index (χ2v) is 9.71. The number of nitrogens with zero attached hydrogens (tertiary/aromatic N) is 3. The van der Waals surface area contributed by atoms with Crippen LogP contribution in [0.25, 0.3) is 0 Å².